The third-order valence-electron chi connectivity index (χ3n) is 3.74. The van der Waals surface area contributed by atoms with Gasteiger partial charge in [-0.25, -0.2) is 0 Å². The Morgan fingerprint density at radius 1 is 0.909 bits per heavy atom. The maximum atomic E-state index is 12.5. The van der Waals surface area contributed by atoms with Crippen LogP contribution in [0.5, 0.6) is 0 Å². The van der Waals surface area contributed by atoms with Crippen LogP contribution in [0.1, 0.15) is 47.1 Å². The lowest BCUT2D eigenvalue weighted by atomic mass is 9.96. The van der Waals surface area contributed by atoms with E-state index >= 15 is 0 Å². The van der Waals surface area contributed by atoms with Crippen LogP contribution in [0.25, 0.3) is 12.2 Å². The lowest BCUT2D eigenvalue weighted by molar-refractivity contribution is 0.0969. The SMILES string of the molecule is C/C=c1/ccc(CC(=O)c2ccccc2C(C)=O)c/c1=C/C. The van der Waals surface area contributed by atoms with E-state index in [0.29, 0.717) is 17.5 Å². The fraction of sp³-hybridized carbons (Fsp3) is 0.200. The molecule has 0 aliphatic heterocycles. The van der Waals surface area contributed by atoms with E-state index < -0.39 is 0 Å². The molecule has 0 heterocycles. The van der Waals surface area contributed by atoms with Crippen LogP contribution >= 0.6 is 0 Å². The summed E-state index contributed by atoms with van der Waals surface area (Å²) < 4.78 is 0. The molecule has 0 bridgehead atoms. The van der Waals surface area contributed by atoms with Gasteiger partial charge in [0.15, 0.2) is 11.6 Å². The van der Waals surface area contributed by atoms with Gasteiger partial charge in [0.2, 0.25) is 0 Å². The minimum absolute atomic E-state index is 0.0268. The molecule has 0 N–H and O–H groups in total. The Labute approximate surface area is 130 Å². The molecule has 0 amide bonds. The molecule has 2 rings (SSSR count). The summed E-state index contributed by atoms with van der Waals surface area (Å²) in [6.07, 6.45) is 4.38. The summed E-state index contributed by atoms with van der Waals surface area (Å²) >= 11 is 0. The number of benzene rings is 2. The summed E-state index contributed by atoms with van der Waals surface area (Å²) in [5, 5.41) is 2.27. The van der Waals surface area contributed by atoms with E-state index in [4.69, 9.17) is 0 Å². The molecule has 2 aromatic rings. The molecule has 0 saturated carbocycles. The summed E-state index contributed by atoms with van der Waals surface area (Å²) in [5.41, 5.74) is 1.96. The number of carbonyl (C=O) groups excluding carboxylic acids is 2. The van der Waals surface area contributed by atoms with Gasteiger partial charge in [-0.05, 0) is 36.8 Å². The predicted octanol–water partition coefficient (Wildman–Crippen LogP) is 2.92. The number of ketones is 2. The Morgan fingerprint density at radius 2 is 1.55 bits per heavy atom. The second-order valence-electron chi connectivity index (χ2n) is 5.24. The fourth-order valence-electron chi connectivity index (χ4n) is 2.56. The van der Waals surface area contributed by atoms with Crippen LogP contribution in [0.4, 0.5) is 0 Å². The molecule has 2 aromatic carbocycles. The van der Waals surface area contributed by atoms with E-state index in [0.717, 1.165) is 16.0 Å². The first-order valence-electron chi connectivity index (χ1n) is 7.41. The van der Waals surface area contributed by atoms with Gasteiger partial charge in [-0.15, -0.1) is 0 Å². The van der Waals surface area contributed by atoms with Gasteiger partial charge in [0.1, 0.15) is 0 Å². The van der Waals surface area contributed by atoms with Crippen LogP contribution in [0, 0.1) is 0 Å². The Balaban J connectivity index is 2.36. The molecule has 2 nitrogen and oxygen atoms in total. The van der Waals surface area contributed by atoms with Crippen LogP contribution in [0.3, 0.4) is 0 Å². The van der Waals surface area contributed by atoms with Gasteiger partial charge in [-0.2, -0.15) is 0 Å². The van der Waals surface area contributed by atoms with E-state index in [9.17, 15) is 9.59 Å². The van der Waals surface area contributed by atoms with Gasteiger partial charge >= 0.3 is 0 Å². The Kier molecular flexibility index (Phi) is 5.05. The molecular formula is C20H20O2. The molecule has 0 saturated heterocycles. The third-order valence-corrected chi connectivity index (χ3v) is 3.74. The molecule has 112 valence electrons. The highest BCUT2D eigenvalue weighted by Gasteiger charge is 2.14. The first kappa shape index (κ1) is 15.9. The van der Waals surface area contributed by atoms with Crippen molar-refractivity contribution in [2.45, 2.75) is 27.2 Å². The molecule has 0 unspecified atom stereocenters. The quantitative estimate of drug-likeness (QED) is 0.812. The van der Waals surface area contributed by atoms with E-state index in [1.54, 1.807) is 24.3 Å². The number of hydrogen-bond donors (Lipinski definition) is 0. The van der Waals surface area contributed by atoms with Crippen molar-refractivity contribution in [2.75, 3.05) is 0 Å². The maximum absolute atomic E-state index is 12.5. The lowest BCUT2D eigenvalue weighted by Crippen LogP contribution is -2.24. The predicted molar refractivity (Wildman–Crippen MR) is 90.5 cm³/mol. The minimum atomic E-state index is -0.0811. The van der Waals surface area contributed by atoms with Gasteiger partial charge in [0.05, 0.1) is 0 Å². The summed E-state index contributed by atoms with van der Waals surface area (Å²) in [6.45, 7) is 5.47. The van der Waals surface area contributed by atoms with Crippen LogP contribution in [0.15, 0.2) is 42.5 Å². The van der Waals surface area contributed by atoms with Gasteiger partial charge in [0, 0.05) is 17.5 Å². The second kappa shape index (κ2) is 6.99. The molecule has 2 heteroatoms. The summed E-state index contributed by atoms with van der Waals surface area (Å²) in [6, 6.07) is 13.0. The molecule has 0 atom stereocenters. The molecule has 22 heavy (non-hydrogen) atoms. The summed E-state index contributed by atoms with van der Waals surface area (Å²) in [5.74, 6) is -0.108. The molecular weight excluding hydrogens is 272 g/mol. The summed E-state index contributed by atoms with van der Waals surface area (Å²) in [4.78, 5) is 24.2. The van der Waals surface area contributed by atoms with Crippen molar-refractivity contribution in [1.82, 2.24) is 0 Å². The normalized spacial score (nSPS) is 12.5. The smallest absolute Gasteiger partial charge is 0.167 e. The van der Waals surface area contributed by atoms with Crippen molar-refractivity contribution in [1.29, 1.82) is 0 Å². The first-order valence-corrected chi connectivity index (χ1v) is 7.41. The average molecular weight is 292 g/mol. The number of rotatable bonds is 4. The van der Waals surface area contributed by atoms with Crippen LogP contribution in [-0.2, 0) is 6.42 Å². The molecule has 0 fully saturated rings. The van der Waals surface area contributed by atoms with E-state index in [1.165, 1.54) is 6.92 Å². The third kappa shape index (κ3) is 3.40. The largest absolute Gasteiger partial charge is 0.294 e. The first-order chi connectivity index (χ1) is 10.6. The zero-order chi connectivity index (χ0) is 16.1. The standard InChI is InChI=1S/C20H20O2/c1-4-16-11-10-15(12-17(16)5-2)13-20(22)19-9-7-6-8-18(19)14(3)21/h4-12H,13H2,1-3H3/b16-4-,17-5-. The molecule has 0 aromatic heterocycles. The minimum Gasteiger partial charge on any atom is -0.294 e. The fourth-order valence-corrected chi connectivity index (χ4v) is 2.56. The number of Topliss-reactive ketones (excluding diaryl/α,β-unsaturated/α-hetero) is 2. The van der Waals surface area contributed by atoms with E-state index in [2.05, 4.69) is 0 Å². The van der Waals surface area contributed by atoms with Crippen LogP contribution in [0.2, 0.25) is 0 Å². The monoisotopic (exact) mass is 292 g/mol. The van der Waals surface area contributed by atoms with Gasteiger partial charge in [-0.3, -0.25) is 9.59 Å². The highest BCUT2D eigenvalue weighted by molar-refractivity contribution is 6.08. The number of hydrogen-bond acceptors (Lipinski definition) is 2. The summed E-state index contributed by atoms with van der Waals surface area (Å²) in [7, 11) is 0. The van der Waals surface area contributed by atoms with Crippen LogP contribution < -0.4 is 10.4 Å². The molecule has 0 aliphatic rings. The molecule has 0 radical (unpaired) electrons. The van der Waals surface area contributed by atoms with E-state index in [-0.39, 0.29) is 11.6 Å². The van der Waals surface area contributed by atoms with Crippen molar-refractivity contribution in [3.63, 3.8) is 0 Å². The van der Waals surface area contributed by atoms with Gasteiger partial charge < -0.3 is 0 Å². The zero-order valence-electron chi connectivity index (χ0n) is 13.2. The van der Waals surface area contributed by atoms with E-state index in [1.807, 2.05) is 44.2 Å². The highest BCUT2D eigenvalue weighted by Crippen LogP contribution is 2.13. The van der Waals surface area contributed by atoms with Gasteiger partial charge in [-0.1, -0.05) is 54.6 Å². The zero-order valence-corrected chi connectivity index (χ0v) is 13.2. The lowest BCUT2D eigenvalue weighted by Gasteiger charge is -2.06. The van der Waals surface area contributed by atoms with Gasteiger partial charge in [0.25, 0.3) is 0 Å². The number of carbonyl (C=O) groups is 2. The highest BCUT2D eigenvalue weighted by atomic mass is 16.1. The molecule has 0 aliphatic carbocycles. The van der Waals surface area contributed by atoms with Crippen molar-refractivity contribution < 1.29 is 9.59 Å². The van der Waals surface area contributed by atoms with Crippen molar-refractivity contribution in [2.24, 2.45) is 0 Å². The van der Waals surface area contributed by atoms with Crippen LogP contribution in [-0.4, -0.2) is 11.6 Å². The average Bonchev–Trinajstić information content (AvgIpc) is 2.54. The molecule has 0 spiro atoms. The van der Waals surface area contributed by atoms with Crippen molar-refractivity contribution in [3.05, 3.63) is 69.6 Å². The van der Waals surface area contributed by atoms with Crippen molar-refractivity contribution in [3.8, 4) is 0 Å². The Hall–Kier alpha value is -2.48. The second-order valence-corrected chi connectivity index (χ2v) is 5.24. The Bertz CT molecular complexity index is 829. The van der Waals surface area contributed by atoms with Crippen molar-refractivity contribution >= 4 is 23.7 Å². The Morgan fingerprint density at radius 3 is 2.14 bits per heavy atom. The topological polar surface area (TPSA) is 34.1 Å². The maximum Gasteiger partial charge on any atom is 0.167 e.